The molecule has 9 heteroatoms. The molecule has 0 radical (unpaired) electrons. The molecule has 0 aliphatic carbocycles. The minimum Gasteiger partial charge on any atom is -0.464 e. The lowest BCUT2D eigenvalue weighted by Gasteiger charge is -2.06. The van der Waals surface area contributed by atoms with Crippen LogP contribution in [0.4, 0.5) is 11.4 Å². The average Bonchev–Trinajstić information content (AvgIpc) is 3.44. The van der Waals surface area contributed by atoms with Crippen LogP contribution in [0.1, 0.15) is 21.0 Å². The molecule has 0 saturated heterocycles. The third-order valence-corrected chi connectivity index (χ3v) is 5.17. The molecule has 0 aliphatic rings. The lowest BCUT2D eigenvalue weighted by Crippen LogP contribution is -2.18. The van der Waals surface area contributed by atoms with E-state index < -0.39 is 5.97 Å². The largest absolute Gasteiger partial charge is 0.464 e. The molecular formula is C23H23N5O4. The summed E-state index contributed by atoms with van der Waals surface area (Å²) in [7, 11) is 4.70. The standard InChI is InChI=1S/C23H23N5O4/c1-26-12-16(24-21(29)14-28-9-8-15-6-4-5-7-18(15)28)10-19(26)22(30)25-17-11-20(23(31)32-3)27(2)13-17/h4-13H,14H2,1-3H3,(H,24,29)(H,25,30). The molecule has 0 atom stereocenters. The van der Waals surface area contributed by atoms with Crippen molar-refractivity contribution < 1.29 is 19.1 Å². The van der Waals surface area contributed by atoms with Gasteiger partial charge in [0.2, 0.25) is 5.91 Å². The van der Waals surface area contributed by atoms with E-state index in [1.54, 1.807) is 41.7 Å². The number of aryl methyl sites for hydroxylation is 2. The van der Waals surface area contributed by atoms with E-state index in [0.29, 0.717) is 22.8 Å². The Morgan fingerprint density at radius 3 is 2.31 bits per heavy atom. The number of methoxy groups -OCH3 is 1. The van der Waals surface area contributed by atoms with Gasteiger partial charge in [0.15, 0.2) is 0 Å². The number of para-hydroxylation sites is 1. The highest BCUT2D eigenvalue weighted by molar-refractivity contribution is 6.05. The van der Waals surface area contributed by atoms with E-state index >= 15 is 0 Å². The van der Waals surface area contributed by atoms with Gasteiger partial charge in [-0.3, -0.25) is 9.59 Å². The van der Waals surface area contributed by atoms with Crippen molar-refractivity contribution in [3.8, 4) is 0 Å². The number of hydrogen-bond acceptors (Lipinski definition) is 4. The molecule has 0 saturated carbocycles. The Labute approximate surface area is 184 Å². The highest BCUT2D eigenvalue weighted by atomic mass is 16.5. The molecule has 3 aromatic heterocycles. The zero-order valence-electron chi connectivity index (χ0n) is 18.0. The van der Waals surface area contributed by atoms with Crippen LogP contribution < -0.4 is 10.6 Å². The maximum atomic E-state index is 12.7. The van der Waals surface area contributed by atoms with Crippen molar-refractivity contribution in [3.05, 3.63) is 72.4 Å². The Bertz CT molecular complexity index is 1330. The van der Waals surface area contributed by atoms with Crippen LogP contribution in [0.25, 0.3) is 10.9 Å². The first-order valence-electron chi connectivity index (χ1n) is 9.92. The second-order valence-electron chi connectivity index (χ2n) is 7.45. The van der Waals surface area contributed by atoms with Crippen molar-refractivity contribution in [2.45, 2.75) is 6.54 Å². The van der Waals surface area contributed by atoms with Gasteiger partial charge >= 0.3 is 5.97 Å². The molecular weight excluding hydrogens is 410 g/mol. The van der Waals surface area contributed by atoms with Crippen LogP contribution in [0.15, 0.2) is 61.1 Å². The number of anilines is 2. The van der Waals surface area contributed by atoms with Crippen molar-refractivity contribution in [1.82, 2.24) is 13.7 Å². The van der Waals surface area contributed by atoms with Gasteiger partial charge in [0, 0.05) is 38.2 Å². The fourth-order valence-electron chi connectivity index (χ4n) is 3.63. The summed E-state index contributed by atoms with van der Waals surface area (Å²) in [6.45, 7) is 0.157. The molecule has 3 heterocycles. The van der Waals surface area contributed by atoms with Crippen molar-refractivity contribution in [2.75, 3.05) is 17.7 Å². The first-order chi connectivity index (χ1) is 15.4. The van der Waals surface area contributed by atoms with E-state index in [-0.39, 0.29) is 18.4 Å². The summed E-state index contributed by atoms with van der Waals surface area (Å²) in [4.78, 5) is 37.0. The third-order valence-electron chi connectivity index (χ3n) is 5.17. The van der Waals surface area contributed by atoms with E-state index in [1.165, 1.54) is 13.2 Å². The normalized spacial score (nSPS) is 10.8. The number of carbonyl (C=O) groups is 3. The molecule has 1 aromatic carbocycles. The minimum atomic E-state index is -0.493. The number of carbonyl (C=O) groups excluding carboxylic acids is 3. The number of benzene rings is 1. The number of hydrogen-bond donors (Lipinski definition) is 2. The fourth-order valence-corrected chi connectivity index (χ4v) is 3.63. The molecule has 0 unspecified atom stereocenters. The van der Waals surface area contributed by atoms with E-state index in [1.807, 2.05) is 41.1 Å². The smallest absolute Gasteiger partial charge is 0.354 e. The number of nitrogens with one attached hydrogen (secondary N) is 2. The molecule has 2 N–H and O–H groups in total. The number of ether oxygens (including phenoxy) is 1. The van der Waals surface area contributed by atoms with Crippen LogP contribution in [0, 0.1) is 0 Å². The number of fused-ring (bicyclic) bond motifs is 1. The molecule has 2 amide bonds. The van der Waals surface area contributed by atoms with Crippen LogP contribution in [0.3, 0.4) is 0 Å². The van der Waals surface area contributed by atoms with Gasteiger partial charge in [0.05, 0.1) is 18.5 Å². The number of nitrogens with zero attached hydrogens (tertiary/aromatic N) is 3. The highest BCUT2D eigenvalue weighted by Gasteiger charge is 2.17. The van der Waals surface area contributed by atoms with Gasteiger partial charge < -0.3 is 29.1 Å². The van der Waals surface area contributed by atoms with Gasteiger partial charge in [-0.15, -0.1) is 0 Å². The van der Waals surface area contributed by atoms with Crippen molar-refractivity contribution in [3.63, 3.8) is 0 Å². The van der Waals surface area contributed by atoms with Crippen molar-refractivity contribution >= 4 is 40.1 Å². The predicted octanol–water partition coefficient (Wildman–Crippen LogP) is 3.00. The Balaban J connectivity index is 1.43. The molecule has 0 bridgehead atoms. The fraction of sp³-hybridized carbons (Fsp3) is 0.174. The first-order valence-corrected chi connectivity index (χ1v) is 9.92. The monoisotopic (exact) mass is 433 g/mol. The predicted molar refractivity (Wildman–Crippen MR) is 121 cm³/mol. The minimum absolute atomic E-state index is 0.157. The summed E-state index contributed by atoms with van der Waals surface area (Å²) in [6.07, 6.45) is 5.17. The molecule has 0 aliphatic heterocycles. The van der Waals surface area contributed by atoms with E-state index in [2.05, 4.69) is 10.6 Å². The maximum absolute atomic E-state index is 12.7. The molecule has 32 heavy (non-hydrogen) atoms. The number of aromatic nitrogens is 3. The van der Waals surface area contributed by atoms with Gasteiger partial charge in [-0.2, -0.15) is 0 Å². The van der Waals surface area contributed by atoms with Gasteiger partial charge in [-0.05, 0) is 29.7 Å². The van der Waals surface area contributed by atoms with Crippen LogP contribution >= 0.6 is 0 Å². The second kappa shape index (κ2) is 8.46. The number of rotatable bonds is 6. The quantitative estimate of drug-likeness (QED) is 0.457. The summed E-state index contributed by atoms with van der Waals surface area (Å²) in [5.41, 5.74) is 2.63. The summed E-state index contributed by atoms with van der Waals surface area (Å²) < 4.78 is 9.79. The number of esters is 1. The Kier molecular flexibility index (Phi) is 5.55. The van der Waals surface area contributed by atoms with E-state index in [4.69, 9.17) is 4.74 Å². The molecule has 9 nitrogen and oxygen atoms in total. The average molecular weight is 433 g/mol. The van der Waals surface area contributed by atoms with Crippen molar-refractivity contribution in [1.29, 1.82) is 0 Å². The molecule has 4 rings (SSSR count). The maximum Gasteiger partial charge on any atom is 0.354 e. The first kappa shape index (κ1) is 21.0. The topological polar surface area (TPSA) is 99.3 Å². The molecule has 0 spiro atoms. The van der Waals surface area contributed by atoms with Crippen LogP contribution in [-0.2, 0) is 30.2 Å². The van der Waals surface area contributed by atoms with E-state index in [9.17, 15) is 14.4 Å². The van der Waals surface area contributed by atoms with Gasteiger partial charge in [0.1, 0.15) is 17.9 Å². The van der Waals surface area contributed by atoms with Gasteiger partial charge in [0.25, 0.3) is 5.91 Å². The summed E-state index contributed by atoms with van der Waals surface area (Å²) in [6, 6.07) is 12.9. The molecule has 164 valence electrons. The van der Waals surface area contributed by atoms with Crippen molar-refractivity contribution in [2.24, 2.45) is 14.1 Å². The Hall–Kier alpha value is -4.27. The van der Waals surface area contributed by atoms with Gasteiger partial charge in [-0.25, -0.2) is 4.79 Å². The summed E-state index contributed by atoms with van der Waals surface area (Å²) in [5.74, 6) is -1.06. The van der Waals surface area contributed by atoms with Crippen LogP contribution in [0.5, 0.6) is 0 Å². The van der Waals surface area contributed by atoms with Gasteiger partial charge in [-0.1, -0.05) is 18.2 Å². The Morgan fingerprint density at radius 1 is 0.906 bits per heavy atom. The zero-order valence-corrected chi connectivity index (χ0v) is 18.0. The summed E-state index contributed by atoms with van der Waals surface area (Å²) in [5, 5.41) is 6.66. The third kappa shape index (κ3) is 4.13. The molecule has 4 aromatic rings. The highest BCUT2D eigenvalue weighted by Crippen LogP contribution is 2.19. The Morgan fingerprint density at radius 2 is 1.56 bits per heavy atom. The van der Waals surface area contributed by atoms with Crippen LogP contribution in [-0.4, -0.2) is 38.6 Å². The second-order valence-corrected chi connectivity index (χ2v) is 7.45. The summed E-state index contributed by atoms with van der Waals surface area (Å²) >= 11 is 0. The van der Waals surface area contributed by atoms with Crippen LogP contribution in [0.2, 0.25) is 0 Å². The SMILES string of the molecule is COC(=O)c1cc(NC(=O)c2cc(NC(=O)Cn3ccc4ccccc43)cn2C)cn1C. The lowest BCUT2D eigenvalue weighted by molar-refractivity contribution is -0.116. The lowest BCUT2D eigenvalue weighted by atomic mass is 10.2. The van der Waals surface area contributed by atoms with E-state index in [0.717, 1.165) is 10.9 Å². The molecule has 0 fully saturated rings. The number of amides is 2. The zero-order chi connectivity index (χ0) is 22.8.